The Morgan fingerprint density at radius 2 is 2.31 bits per heavy atom. The zero-order chi connectivity index (χ0) is 11.8. The van der Waals surface area contributed by atoms with Crippen molar-refractivity contribution in [1.29, 1.82) is 0 Å². The van der Waals surface area contributed by atoms with Gasteiger partial charge in [-0.15, -0.1) is 0 Å². The number of rotatable bonds is 6. The fourth-order valence-corrected chi connectivity index (χ4v) is 2.21. The van der Waals surface area contributed by atoms with Gasteiger partial charge in [-0.3, -0.25) is 9.69 Å². The molecule has 0 radical (unpaired) electrons. The van der Waals surface area contributed by atoms with Crippen LogP contribution in [0.1, 0.15) is 33.1 Å². The molecule has 94 valence electrons. The van der Waals surface area contributed by atoms with E-state index in [-0.39, 0.29) is 5.97 Å². The summed E-state index contributed by atoms with van der Waals surface area (Å²) >= 11 is 0. The maximum absolute atomic E-state index is 11.3. The number of hydrogen-bond donors (Lipinski definition) is 1. The third-order valence-corrected chi connectivity index (χ3v) is 3.10. The van der Waals surface area contributed by atoms with Gasteiger partial charge in [0.25, 0.3) is 0 Å². The van der Waals surface area contributed by atoms with Crippen LogP contribution in [-0.4, -0.2) is 49.7 Å². The van der Waals surface area contributed by atoms with E-state index in [4.69, 9.17) is 4.74 Å². The Hall–Kier alpha value is -0.610. The Morgan fingerprint density at radius 1 is 1.50 bits per heavy atom. The number of carbonyl (C=O) groups is 1. The molecule has 0 saturated carbocycles. The van der Waals surface area contributed by atoms with Crippen LogP contribution < -0.4 is 5.32 Å². The molecule has 1 fully saturated rings. The predicted octanol–water partition coefficient (Wildman–Crippen LogP) is 1.01. The molecule has 1 aliphatic heterocycles. The molecule has 1 saturated heterocycles. The van der Waals surface area contributed by atoms with Crippen molar-refractivity contribution in [2.75, 3.05) is 32.8 Å². The van der Waals surface area contributed by atoms with Crippen LogP contribution in [0.15, 0.2) is 0 Å². The van der Waals surface area contributed by atoms with E-state index in [2.05, 4.69) is 17.1 Å². The van der Waals surface area contributed by atoms with E-state index >= 15 is 0 Å². The molecule has 16 heavy (non-hydrogen) atoms. The third kappa shape index (κ3) is 4.49. The smallest absolute Gasteiger partial charge is 0.307 e. The molecule has 0 aromatic carbocycles. The van der Waals surface area contributed by atoms with E-state index < -0.39 is 0 Å². The molecule has 1 unspecified atom stereocenters. The van der Waals surface area contributed by atoms with Crippen molar-refractivity contribution in [2.24, 2.45) is 0 Å². The highest BCUT2D eigenvalue weighted by molar-refractivity contribution is 5.69. The van der Waals surface area contributed by atoms with Gasteiger partial charge >= 0.3 is 5.97 Å². The number of carbonyl (C=O) groups excluding carboxylic acids is 1. The summed E-state index contributed by atoms with van der Waals surface area (Å²) in [6.45, 7) is 8.49. The molecular weight excluding hydrogens is 204 g/mol. The second-order valence-electron chi connectivity index (χ2n) is 4.18. The van der Waals surface area contributed by atoms with Crippen molar-refractivity contribution < 1.29 is 9.53 Å². The minimum Gasteiger partial charge on any atom is -0.466 e. The van der Waals surface area contributed by atoms with Crippen LogP contribution in [0.5, 0.6) is 0 Å². The monoisotopic (exact) mass is 228 g/mol. The van der Waals surface area contributed by atoms with E-state index in [1.165, 1.54) is 12.8 Å². The number of nitrogens with zero attached hydrogens (tertiary/aromatic N) is 1. The molecule has 1 atom stereocenters. The standard InChI is InChI=1S/C12H24N2O2/c1-3-14(9-7-12(15)16-4-2)11-6-5-8-13-10-11/h11,13H,3-10H2,1-2H3. The minimum absolute atomic E-state index is 0.0790. The lowest BCUT2D eigenvalue weighted by Gasteiger charge is -2.33. The van der Waals surface area contributed by atoms with Gasteiger partial charge in [0, 0.05) is 19.1 Å². The van der Waals surface area contributed by atoms with Crippen molar-refractivity contribution in [2.45, 2.75) is 39.2 Å². The van der Waals surface area contributed by atoms with Crippen molar-refractivity contribution in [3.8, 4) is 0 Å². The van der Waals surface area contributed by atoms with Crippen molar-refractivity contribution in [1.82, 2.24) is 10.2 Å². The lowest BCUT2D eigenvalue weighted by Crippen LogP contribution is -2.46. The second kappa shape index (κ2) is 7.63. The zero-order valence-electron chi connectivity index (χ0n) is 10.5. The van der Waals surface area contributed by atoms with Gasteiger partial charge in [-0.05, 0) is 32.9 Å². The summed E-state index contributed by atoms with van der Waals surface area (Å²) in [4.78, 5) is 13.7. The molecule has 1 aliphatic rings. The normalized spacial score (nSPS) is 21.1. The van der Waals surface area contributed by atoms with Crippen LogP contribution in [0.3, 0.4) is 0 Å². The summed E-state index contributed by atoms with van der Waals surface area (Å²) in [5, 5.41) is 3.40. The van der Waals surface area contributed by atoms with Crippen LogP contribution in [0.4, 0.5) is 0 Å². The summed E-state index contributed by atoms with van der Waals surface area (Å²) < 4.78 is 4.94. The van der Waals surface area contributed by atoms with Gasteiger partial charge in [0.05, 0.1) is 13.0 Å². The first-order valence-electron chi connectivity index (χ1n) is 6.38. The average Bonchev–Trinajstić information content (AvgIpc) is 2.31. The zero-order valence-corrected chi connectivity index (χ0v) is 10.5. The summed E-state index contributed by atoms with van der Waals surface area (Å²) in [6, 6.07) is 0.591. The molecule has 1 N–H and O–H groups in total. The summed E-state index contributed by atoms with van der Waals surface area (Å²) in [5.74, 6) is -0.0790. The number of piperidine rings is 1. The molecule has 0 spiro atoms. The number of ether oxygens (including phenoxy) is 1. The van der Waals surface area contributed by atoms with E-state index in [0.717, 1.165) is 26.2 Å². The van der Waals surface area contributed by atoms with Gasteiger partial charge in [-0.25, -0.2) is 0 Å². The molecule has 1 heterocycles. The minimum atomic E-state index is -0.0790. The van der Waals surface area contributed by atoms with Crippen molar-refractivity contribution >= 4 is 5.97 Å². The summed E-state index contributed by atoms with van der Waals surface area (Å²) in [7, 11) is 0. The fraction of sp³-hybridized carbons (Fsp3) is 0.917. The molecule has 0 aromatic heterocycles. The van der Waals surface area contributed by atoms with Gasteiger partial charge in [-0.1, -0.05) is 6.92 Å². The van der Waals surface area contributed by atoms with Crippen LogP contribution >= 0.6 is 0 Å². The van der Waals surface area contributed by atoms with E-state index in [0.29, 0.717) is 19.1 Å². The van der Waals surface area contributed by atoms with Crippen LogP contribution in [0.2, 0.25) is 0 Å². The maximum atomic E-state index is 11.3. The number of nitrogens with one attached hydrogen (secondary N) is 1. The molecule has 0 aromatic rings. The Bertz CT molecular complexity index is 203. The number of hydrogen-bond acceptors (Lipinski definition) is 4. The molecule has 0 aliphatic carbocycles. The van der Waals surface area contributed by atoms with Crippen LogP contribution in [0.25, 0.3) is 0 Å². The van der Waals surface area contributed by atoms with Crippen molar-refractivity contribution in [3.05, 3.63) is 0 Å². The third-order valence-electron chi connectivity index (χ3n) is 3.10. The maximum Gasteiger partial charge on any atom is 0.307 e. The Kier molecular flexibility index (Phi) is 6.42. The first-order chi connectivity index (χ1) is 7.77. The van der Waals surface area contributed by atoms with Gasteiger partial charge in [0.2, 0.25) is 0 Å². The van der Waals surface area contributed by atoms with Gasteiger partial charge in [0.15, 0.2) is 0 Å². The highest BCUT2D eigenvalue weighted by Gasteiger charge is 2.20. The predicted molar refractivity (Wildman–Crippen MR) is 64.4 cm³/mol. The highest BCUT2D eigenvalue weighted by atomic mass is 16.5. The molecule has 4 nitrogen and oxygen atoms in total. The van der Waals surface area contributed by atoms with Gasteiger partial charge in [0.1, 0.15) is 0 Å². The fourth-order valence-electron chi connectivity index (χ4n) is 2.21. The van der Waals surface area contributed by atoms with Crippen LogP contribution in [-0.2, 0) is 9.53 Å². The number of esters is 1. The first-order valence-corrected chi connectivity index (χ1v) is 6.38. The van der Waals surface area contributed by atoms with E-state index in [1.54, 1.807) is 0 Å². The largest absolute Gasteiger partial charge is 0.466 e. The SMILES string of the molecule is CCOC(=O)CCN(CC)C1CCCNC1. The van der Waals surface area contributed by atoms with Gasteiger partial charge < -0.3 is 10.1 Å². The lowest BCUT2D eigenvalue weighted by atomic mass is 10.1. The average molecular weight is 228 g/mol. The Balaban J connectivity index is 2.27. The van der Waals surface area contributed by atoms with E-state index in [1.807, 2.05) is 6.92 Å². The molecule has 1 rings (SSSR count). The Morgan fingerprint density at radius 3 is 2.88 bits per heavy atom. The molecule has 0 amide bonds. The second-order valence-corrected chi connectivity index (χ2v) is 4.18. The topological polar surface area (TPSA) is 41.6 Å². The summed E-state index contributed by atoms with van der Waals surface area (Å²) in [5.41, 5.74) is 0. The molecule has 4 heteroatoms. The van der Waals surface area contributed by atoms with Crippen molar-refractivity contribution in [3.63, 3.8) is 0 Å². The Labute approximate surface area is 98.3 Å². The van der Waals surface area contributed by atoms with E-state index in [9.17, 15) is 4.79 Å². The van der Waals surface area contributed by atoms with Gasteiger partial charge in [-0.2, -0.15) is 0 Å². The number of likely N-dealkylation sites (N-methyl/N-ethyl adjacent to an activating group) is 1. The molecular formula is C12H24N2O2. The lowest BCUT2D eigenvalue weighted by molar-refractivity contribution is -0.143. The summed E-state index contributed by atoms with van der Waals surface area (Å²) in [6.07, 6.45) is 2.99. The van der Waals surface area contributed by atoms with Crippen LogP contribution in [0, 0.1) is 0 Å². The first kappa shape index (κ1) is 13.5. The quantitative estimate of drug-likeness (QED) is 0.689. The highest BCUT2D eigenvalue weighted by Crippen LogP contribution is 2.10. The molecule has 0 bridgehead atoms.